The Bertz CT molecular complexity index is 1340. The fraction of sp³-hybridized carbons (Fsp3) is 0.143. The third-order valence-electron chi connectivity index (χ3n) is 4.44. The number of anilines is 1. The summed E-state index contributed by atoms with van der Waals surface area (Å²) in [5.41, 5.74) is 2.36. The van der Waals surface area contributed by atoms with Crippen LogP contribution in [0.1, 0.15) is 16.8 Å². The van der Waals surface area contributed by atoms with E-state index in [4.69, 9.17) is 11.6 Å². The molecule has 0 radical (unpaired) electrons. The van der Waals surface area contributed by atoms with Gasteiger partial charge in [-0.25, -0.2) is 0 Å². The van der Waals surface area contributed by atoms with E-state index in [2.05, 4.69) is 10.1 Å². The van der Waals surface area contributed by atoms with Gasteiger partial charge in [0.25, 0.3) is 11.1 Å². The quantitative estimate of drug-likeness (QED) is 0.503. The Labute approximate surface area is 175 Å². The van der Waals surface area contributed by atoms with Gasteiger partial charge in [-0.15, -0.1) is 0 Å². The van der Waals surface area contributed by atoms with Crippen molar-refractivity contribution in [3.05, 3.63) is 95.6 Å². The summed E-state index contributed by atoms with van der Waals surface area (Å²) >= 11 is 7.04. The molecule has 0 aliphatic heterocycles. The highest BCUT2D eigenvalue weighted by Crippen LogP contribution is 2.14. The molecule has 2 heterocycles. The second kappa shape index (κ2) is 7.77. The number of aromatic nitrogens is 3. The first-order chi connectivity index (χ1) is 13.9. The molecule has 6 nitrogen and oxygen atoms in total. The SMILES string of the molecule is CN(C)c1ccc(Cc2nn3c(=O)c(=Cc4ccc(Cl)cc4)sc3nc2=O)cc1. The first-order valence-corrected chi connectivity index (χ1v) is 10.1. The molecule has 4 rings (SSSR count). The maximum absolute atomic E-state index is 12.7. The summed E-state index contributed by atoms with van der Waals surface area (Å²) in [6.07, 6.45) is 2.05. The van der Waals surface area contributed by atoms with Gasteiger partial charge in [-0.2, -0.15) is 14.6 Å². The molecule has 2 aromatic heterocycles. The van der Waals surface area contributed by atoms with E-state index in [0.717, 1.165) is 28.2 Å². The predicted molar refractivity (Wildman–Crippen MR) is 117 cm³/mol. The lowest BCUT2D eigenvalue weighted by atomic mass is 10.1. The molecule has 2 aromatic carbocycles. The fourth-order valence-electron chi connectivity index (χ4n) is 2.87. The van der Waals surface area contributed by atoms with Crippen molar-refractivity contribution in [2.45, 2.75) is 6.42 Å². The Balaban J connectivity index is 1.73. The smallest absolute Gasteiger partial charge is 0.296 e. The van der Waals surface area contributed by atoms with E-state index in [0.29, 0.717) is 16.0 Å². The highest BCUT2D eigenvalue weighted by Gasteiger charge is 2.12. The molecule has 0 spiro atoms. The molecule has 0 unspecified atom stereocenters. The summed E-state index contributed by atoms with van der Waals surface area (Å²) in [4.78, 5) is 31.5. The molecule has 0 aliphatic rings. The average molecular weight is 425 g/mol. The van der Waals surface area contributed by atoms with Crippen LogP contribution in [0, 0.1) is 0 Å². The van der Waals surface area contributed by atoms with Gasteiger partial charge in [-0.1, -0.05) is 47.2 Å². The van der Waals surface area contributed by atoms with E-state index in [1.54, 1.807) is 18.2 Å². The molecule has 0 saturated carbocycles. The molecular formula is C21H17ClN4O2S. The van der Waals surface area contributed by atoms with Crippen LogP contribution >= 0.6 is 22.9 Å². The lowest BCUT2D eigenvalue weighted by molar-refractivity contribution is 0.811. The number of rotatable bonds is 4. The number of hydrogen-bond acceptors (Lipinski definition) is 6. The van der Waals surface area contributed by atoms with Gasteiger partial charge in [0.1, 0.15) is 5.69 Å². The minimum Gasteiger partial charge on any atom is -0.378 e. The van der Waals surface area contributed by atoms with Crippen LogP contribution < -0.4 is 20.6 Å². The predicted octanol–water partition coefficient (Wildman–Crippen LogP) is 2.37. The highest BCUT2D eigenvalue weighted by molar-refractivity contribution is 7.15. The van der Waals surface area contributed by atoms with E-state index in [9.17, 15) is 9.59 Å². The molecule has 0 atom stereocenters. The van der Waals surface area contributed by atoms with Crippen LogP contribution in [0.15, 0.2) is 58.1 Å². The van der Waals surface area contributed by atoms with Crippen LogP contribution in [0.4, 0.5) is 5.69 Å². The van der Waals surface area contributed by atoms with E-state index < -0.39 is 5.56 Å². The molecule has 0 N–H and O–H groups in total. The summed E-state index contributed by atoms with van der Waals surface area (Å²) in [6.45, 7) is 0. The van der Waals surface area contributed by atoms with Gasteiger partial charge < -0.3 is 4.90 Å². The van der Waals surface area contributed by atoms with Crippen LogP contribution in [0.5, 0.6) is 0 Å². The number of halogens is 1. The molecule has 4 aromatic rings. The van der Waals surface area contributed by atoms with E-state index in [1.165, 1.54) is 4.52 Å². The van der Waals surface area contributed by atoms with Crippen LogP contribution in [-0.4, -0.2) is 28.7 Å². The van der Waals surface area contributed by atoms with Gasteiger partial charge in [0.15, 0.2) is 0 Å². The van der Waals surface area contributed by atoms with Crippen molar-refractivity contribution in [1.29, 1.82) is 0 Å². The lowest BCUT2D eigenvalue weighted by Gasteiger charge is -2.12. The van der Waals surface area contributed by atoms with Gasteiger partial charge in [-0.3, -0.25) is 9.59 Å². The molecule has 8 heteroatoms. The summed E-state index contributed by atoms with van der Waals surface area (Å²) in [5.74, 6) is 0. The Morgan fingerprint density at radius 3 is 2.41 bits per heavy atom. The average Bonchev–Trinajstić information content (AvgIpc) is 2.99. The van der Waals surface area contributed by atoms with Crippen molar-refractivity contribution >= 4 is 39.7 Å². The Morgan fingerprint density at radius 2 is 1.76 bits per heavy atom. The van der Waals surface area contributed by atoms with Crippen LogP contribution in [0.25, 0.3) is 11.0 Å². The van der Waals surface area contributed by atoms with Crippen molar-refractivity contribution in [1.82, 2.24) is 14.6 Å². The first kappa shape index (κ1) is 19.3. The number of hydrogen-bond donors (Lipinski definition) is 0. The van der Waals surface area contributed by atoms with Crippen LogP contribution in [-0.2, 0) is 6.42 Å². The van der Waals surface area contributed by atoms with Crippen LogP contribution in [0.3, 0.4) is 0 Å². The van der Waals surface area contributed by atoms with Crippen molar-refractivity contribution in [3.63, 3.8) is 0 Å². The fourth-order valence-corrected chi connectivity index (χ4v) is 3.90. The standard InChI is InChI=1S/C21H17ClN4O2S/c1-25(2)16-9-5-13(6-10-16)11-17-19(27)23-21-26(24-17)20(28)18(29-21)12-14-3-7-15(22)8-4-14/h3-10,12H,11H2,1-2H3. The van der Waals surface area contributed by atoms with Gasteiger partial charge >= 0.3 is 0 Å². The topological polar surface area (TPSA) is 67.6 Å². The Hall–Kier alpha value is -3.03. The molecule has 0 fully saturated rings. The Kier molecular flexibility index (Phi) is 5.17. The maximum Gasteiger partial charge on any atom is 0.296 e. The summed E-state index contributed by atoms with van der Waals surface area (Å²) in [6, 6.07) is 15.0. The van der Waals surface area contributed by atoms with Gasteiger partial charge in [0.2, 0.25) is 4.96 Å². The Morgan fingerprint density at radius 1 is 1.07 bits per heavy atom. The van der Waals surface area contributed by atoms with Crippen molar-refractivity contribution in [2.75, 3.05) is 19.0 Å². The van der Waals surface area contributed by atoms with E-state index in [-0.39, 0.29) is 16.2 Å². The zero-order chi connectivity index (χ0) is 20.5. The molecular weight excluding hydrogens is 408 g/mol. The van der Waals surface area contributed by atoms with Crippen LogP contribution in [0.2, 0.25) is 5.02 Å². The molecule has 29 heavy (non-hydrogen) atoms. The van der Waals surface area contributed by atoms with Gasteiger partial charge in [-0.05, 0) is 41.5 Å². The monoisotopic (exact) mass is 424 g/mol. The molecule has 146 valence electrons. The molecule has 0 amide bonds. The minimum atomic E-state index is -0.416. The molecule has 0 saturated heterocycles. The van der Waals surface area contributed by atoms with E-state index >= 15 is 0 Å². The first-order valence-electron chi connectivity index (χ1n) is 8.87. The number of thiazole rings is 1. The van der Waals surface area contributed by atoms with E-state index in [1.807, 2.05) is 55.4 Å². The van der Waals surface area contributed by atoms with Crippen molar-refractivity contribution in [3.8, 4) is 0 Å². The highest BCUT2D eigenvalue weighted by atomic mass is 35.5. The number of nitrogens with zero attached hydrogens (tertiary/aromatic N) is 4. The second-order valence-corrected chi connectivity index (χ2v) is 8.21. The maximum atomic E-state index is 12.7. The third-order valence-corrected chi connectivity index (χ3v) is 5.65. The zero-order valence-electron chi connectivity index (χ0n) is 15.8. The number of fused-ring (bicyclic) bond motifs is 1. The zero-order valence-corrected chi connectivity index (χ0v) is 17.4. The largest absolute Gasteiger partial charge is 0.378 e. The van der Waals surface area contributed by atoms with Gasteiger partial charge in [0.05, 0.1) is 4.53 Å². The lowest BCUT2D eigenvalue weighted by Crippen LogP contribution is -2.28. The second-order valence-electron chi connectivity index (χ2n) is 6.76. The third kappa shape index (κ3) is 4.06. The molecule has 0 bridgehead atoms. The number of benzene rings is 2. The summed E-state index contributed by atoms with van der Waals surface area (Å²) < 4.78 is 1.66. The summed E-state index contributed by atoms with van der Waals surface area (Å²) in [7, 11) is 3.93. The molecule has 0 aliphatic carbocycles. The van der Waals surface area contributed by atoms with Crippen molar-refractivity contribution in [2.24, 2.45) is 0 Å². The normalized spacial score (nSPS) is 11.9. The summed E-state index contributed by atoms with van der Waals surface area (Å²) in [5, 5.41) is 4.91. The minimum absolute atomic E-state index is 0.244. The van der Waals surface area contributed by atoms with Crippen molar-refractivity contribution < 1.29 is 0 Å². The van der Waals surface area contributed by atoms with Gasteiger partial charge in [0, 0.05) is 31.2 Å².